The molecule has 1 aromatic carbocycles. The number of carbonyl (C=O) groups is 1. The zero-order chi connectivity index (χ0) is 14.7. The largest absolute Gasteiger partial charge is 0.504 e. The number of benzene rings is 1. The summed E-state index contributed by atoms with van der Waals surface area (Å²) in [6, 6.07) is 6.54. The monoisotopic (exact) mass is 372 g/mol. The third kappa shape index (κ3) is 3.42. The highest BCUT2D eigenvalue weighted by Gasteiger charge is 2.08. The zero-order valence-corrected chi connectivity index (χ0v) is 13.6. The molecule has 0 aliphatic heterocycles. The Kier molecular flexibility index (Phi) is 4.86. The fraction of sp³-hybridized carbons (Fsp3) is 0.0714. The number of hydrogen-bond acceptors (Lipinski definition) is 4. The molecule has 0 amide bonds. The van der Waals surface area contributed by atoms with Crippen molar-refractivity contribution in [2.75, 3.05) is 7.11 Å². The molecule has 2 aromatic rings. The Hall–Kier alpha value is -1.30. The van der Waals surface area contributed by atoms with Crippen LogP contribution in [-0.2, 0) is 0 Å². The van der Waals surface area contributed by atoms with Gasteiger partial charge in [0.25, 0.3) is 0 Å². The lowest BCUT2D eigenvalue weighted by Crippen LogP contribution is -1.90. The van der Waals surface area contributed by atoms with E-state index in [2.05, 4.69) is 15.9 Å². The van der Waals surface area contributed by atoms with Gasteiger partial charge in [0.05, 0.1) is 16.3 Å². The van der Waals surface area contributed by atoms with Gasteiger partial charge in [-0.05, 0) is 42.0 Å². The Morgan fingerprint density at radius 1 is 1.45 bits per heavy atom. The summed E-state index contributed by atoms with van der Waals surface area (Å²) >= 11 is 10.4. The number of phenols is 1. The topological polar surface area (TPSA) is 46.5 Å². The molecule has 0 fully saturated rings. The molecule has 1 N–H and O–H groups in total. The van der Waals surface area contributed by atoms with Gasteiger partial charge in [-0.3, -0.25) is 4.79 Å². The van der Waals surface area contributed by atoms with Crippen LogP contribution in [0, 0.1) is 0 Å². The molecule has 0 radical (unpaired) electrons. The number of thiophene rings is 1. The average Bonchev–Trinajstić information content (AvgIpc) is 2.84. The maximum atomic E-state index is 11.9. The Balaban J connectivity index is 2.25. The first kappa shape index (κ1) is 15.1. The van der Waals surface area contributed by atoms with Gasteiger partial charge in [-0.1, -0.05) is 27.5 Å². The number of methoxy groups -OCH3 is 1. The van der Waals surface area contributed by atoms with Gasteiger partial charge in [-0.15, -0.1) is 11.3 Å². The Labute approximate surface area is 133 Å². The van der Waals surface area contributed by atoms with E-state index in [1.54, 1.807) is 24.3 Å². The molecule has 0 spiro atoms. The van der Waals surface area contributed by atoms with Crippen LogP contribution < -0.4 is 4.74 Å². The summed E-state index contributed by atoms with van der Waals surface area (Å²) in [6.07, 6.45) is 3.11. The molecule has 20 heavy (non-hydrogen) atoms. The average molecular weight is 374 g/mol. The first-order chi connectivity index (χ1) is 9.51. The summed E-state index contributed by atoms with van der Waals surface area (Å²) in [5.41, 5.74) is 0.732. The molecular formula is C14H10BrClO3S. The molecule has 2 rings (SSSR count). The van der Waals surface area contributed by atoms with Crippen molar-refractivity contribution in [3.8, 4) is 11.5 Å². The van der Waals surface area contributed by atoms with Crippen molar-refractivity contribution >= 4 is 50.7 Å². The molecular weight excluding hydrogens is 364 g/mol. The third-order valence-corrected chi connectivity index (χ3v) is 4.46. The van der Waals surface area contributed by atoms with Crippen LogP contribution in [0.5, 0.6) is 11.5 Å². The molecule has 0 saturated carbocycles. The van der Waals surface area contributed by atoms with Crippen molar-refractivity contribution in [3.63, 3.8) is 0 Å². The first-order valence-electron chi connectivity index (χ1n) is 5.55. The van der Waals surface area contributed by atoms with E-state index in [4.69, 9.17) is 16.3 Å². The molecule has 104 valence electrons. The number of phenolic OH excluding ortho intramolecular Hbond substituents is 1. The minimum atomic E-state index is -0.124. The number of carbonyl (C=O) groups excluding carboxylic acids is 1. The predicted molar refractivity (Wildman–Crippen MR) is 85.1 cm³/mol. The van der Waals surface area contributed by atoms with Gasteiger partial charge < -0.3 is 9.84 Å². The second-order valence-electron chi connectivity index (χ2n) is 3.85. The van der Waals surface area contributed by atoms with E-state index in [1.165, 1.54) is 30.6 Å². The fourth-order valence-electron chi connectivity index (χ4n) is 1.54. The maximum absolute atomic E-state index is 11.9. The molecule has 1 aromatic heterocycles. The van der Waals surface area contributed by atoms with E-state index in [0.29, 0.717) is 19.4 Å². The highest BCUT2D eigenvalue weighted by molar-refractivity contribution is 9.10. The fourth-order valence-corrected chi connectivity index (χ4v) is 2.97. The third-order valence-electron chi connectivity index (χ3n) is 2.53. The van der Waals surface area contributed by atoms with E-state index in [0.717, 1.165) is 5.56 Å². The number of ether oxygens (including phenoxy) is 1. The highest BCUT2D eigenvalue weighted by Crippen LogP contribution is 2.33. The summed E-state index contributed by atoms with van der Waals surface area (Å²) < 4.78 is 6.28. The maximum Gasteiger partial charge on any atom is 0.195 e. The second kappa shape index (κ2) is 6.43. The summed E-state index contributed by atoms with van der Waals surface area (Å²) in [5, 5.41) is 9.61. The van der Waals surface area contributed by atoms with Crippen molar-refractivity contribution in [1.82, 2.24) is 0 Å². The van der Waals surface area contributed by atoms with Crippen molar-refractivity contribution in [2.45, 2.75) is 0 Å². The Morgan fingerprint density at radius 3 is 2.80 bits per heavy atom. The number of ketones is 1. The number of hydrogen-bond donors (Lipinski definition) is 1. The van der Waals surface area contributed by atoms with E-state index < -0.39 is 0 Å². The summed E-state index contributed by atoms with van der Waals surface area (Å²) in [6.45, 7) is 0. The lowest BCUT2D eigenvalue weighted by Gasteiger charge is -2.06. The molecule has 0 saturated heterocycles. The predicted octanol–water partition coefficient (Wildman–Crippen LogP) is 4.77. The van der Waals surface area contributed by atoms with Gasteiger partial charge in [0.2, 0.25) is 0 Å². The van der Waals surface area contributed by atoms with Crippen molar-refractivity contribution in [3.05, 3.63) is 49.6 Å². The smallest absolute Gasteiger partial charge is 0.195 e. The van der Waals surface area contributed by atoms with Gasteiger partial charge in [0, 0.05) is 4.47 Å². The van der Waals surface area contributed by atoms with Gasteiger partial charge in [-0.25, -0.2) is 0 Å². The number of halogens is 2. The molecule has 0 bridgehead atoms. The minimum absolute atomic E-state index is 0.0351. The lowest BCUT2D eigenvalue weighted by molar-refractivity contribution is 0.105. The SMILES string of the molecule is COc1cc(C=CC(=O)c2ccc(Cl)s2)c(Br)cc1O. The summed E-state index contributed by atoms with van der Waals surface area (Å²) in [5.74, 6) is 0.258. The molecule has 1 heterocycles. The van der Waals surface area contributed by atoms with Gasteiger partial charge in [0.1, 0.15) is 0 Å². The lowest BCUT2D eigenvalue weighted by atomic mass is 10.1. The van der Waals surface area contributed by atoms with Gasteiger partial charge >= 0.3 is 0 Å². The first-order valence-corrected chi connectivity index (χ1v) is 7.54. The quantitative estimate of drug-likeness (QED) is 0.620. The summed E-state index contributed by atoms with van der Waals surface area (Å²) in [7, 11) is 1.47. The molecule has 0 atom stereocenters. The van der Waals surface area contributed by atoms with E-state index in [9.17, 15) is 9.90 Å². The van der Waals surface area contributed by atoms with Crippen LogP contribution in [-0.4, -0.2) is 18.0 Å². The normalized spacial score (nSPS) is 10.9. The zero-order valence-electron chi connectivity index (χ0n) is 10.4. The van der Waals surface area contributed by atoms with Crippen LogP contribution in [0.15, 0.2) is 34.8 Å². The van der Waals surface area contributed by atoms with Crippen molar-refractivity contribution in [1.29, 1.82) is 0 Å². The van der Waals surface area contributed by atoms with Crippen LogP contribution in [0.4, 0.5) is 0 Å². The second-order valence-corrected chi connectivity index (χ2v) is 6.42. The molecule has 0 unspecified atom stereocenters. The highest BCUT2D eigenvalue weighted by atomic mass is 79.9. The van der Waals surface area contributed by atoms with E-state index >= 15 is 0 Å². The van der Waals surface area contributed by atoms with Crippen LogP contribution in [0.1, 0.15) is 15.2 Å². The van der Waals surface area contributed by atoms with Crippen molar-refractivity contribution in [2.24, 2.45) is 0 Å². The molecule has 3 nitrogen and oxygen atoms in total. The standard InChI is InChI=1S/C14H10BrClO3S/c1-19-12-6-8(9(15)7-11(12)18)2-3-10(17)13-4-5-14(16)20-13/h2-7,18H,1H3. The van der Waals surface area contributed by atoms with Crippen LogP contribution in [0.2, 0.25) is 4.34 Å². The molecule has 6 heteroatoms. The van der Waals surface area contributed by atoms with Crippen LogP contribution in [0.25, 0.3) is 6.08 Å². The van der Waals surface area contributed by atoms with E-state index in [-0.39, 0.29) is 11.5 Å². The van der Waals surface area contributed by atoms with Crippen LogP contribution in [0.3, 0.4) is 0 Å². The van der Waals surface area contributed by atoms with Crippen LogP contribution >= 0.6 is 38.9 Å². The Morgan fingerprint density at radius 2 is 2.20 bits per heavy atom. The number of aromatic hydroxyl groups is 1. The Bertz CT molecular complexity index is 679. The molecule has 0 aliphatic rings. The van der Waals surface area contributed by atoms with Gasteiger partial charge in [-0.2, -0.15) is 0 Å². The number of rotatable bonds is 4. The summed E-state index contributed by atoms with van der Waals surface area (Å²) in [4.78, 5) is 12.5. The molecule has 0 aliphatic carbocycles. The van der Waals surface area contributed by atoms with Crippen molar-refractivity contribution < 1.29 is 14.6 Å². The van der Waals surface area contributed by atoms with Gasteiger partial charge in [0.15, 0.2) is 17.3 Å². The van der Waals surface area contributed by atoms with E-state index in [1.807, 2.05) is 0 Å². The minimum Gasteiger partial charge on any atom is -0.504 e. The number of allylic oxidation sites excluding steroid dienone is 1.